The Labute approximate surface area is 86.5 Å². The first-order valence-electron chi connectivity index (χ1n) is 4.96. The summed E-state index contributed by atoms with van der Waals surface area (Å²) in [5.74, 6) is 0.859. The van der Waals surface area contributed by atoms with E-state index in [9.17, 15) is 4.79 Å². The van der Waals surface area contributed by atoms with Crippen molar-refractivity contribution in [3.63, 3.8) is 0 Å². The van der Waals surface area contributed by atoms with Crippen LogP contribution in [0.2, 0.25) is 0 Å². The Kier molecular flexibility index (Phi) is 8.30. The van der Waals surface area contributed by atoms with Crippen molar-refractivity contribution in [1.29, 1.82) is 0 Å². The quantitative estimate of drug-likeness (QED) is 0.392. The lowest BCUT2D eigenvalue weighted by Crippen LogP contribution is -2.12. The molecule has 0 aromatic carbocycles. The van der Waals surface area contributed by atoms with Crippen LogP contribution in [0.25, 0.3) is 0 Å². The molecule has 0 fully saturated rings. The highest BCUT2D eigenvalue weighted by Crippen LogP contribution is 2.02. The highest BCUT2D eigenvalue weighted by Gasteiger charge is 2.06. The van der Waals surface area contributed by atoms with Crippen LogP contribution >= 0.6 is 12.6 Å². The highest BCUT2D eigenvalue weighted by atomic mass is 32.1. The number of rotatable bonds is 7. The van der Waals surface area contributed by atoms with Crippen LogP contribution in [0.15, 0.2) is 0 Å². The summed E-state index contributed by atoms with van der Waals surface area (Å²) in [6, 6.07) is 0. The minimum absolute atomic E-state index is 0.00237. The standard InChI is InChI=1S/C10H20O2S/c1-9(2)10(11)12-7-5-3-4-6-8-13/h9,13H,3-8H2,1-2H3. The lowest BCUT2D eigenvalue weighted by molar-refractivity contribution is -0.147. The molecule has 0 aliphatic carbocycles. The summed E-state index contributed by atoms with van der Waals surface area (Å²) in [5, 5.41) is 0. The summed E-state index contributed by atoms with van der Waals surface area (Å²) in [6.45, 7) is 4.27. The summed E-state index contributed by atoms with van der Waals surface area (Å²) >= 11 is 4.12. The van der Waals surface area contributed by atoms with E-state index < -0.39 is 0 Å². The van der Waals surface area contributed by atoms with Gasteiger partial charge in [0, 0.05) is 0 Å². The third-order valence-electron chi connectivity index (χ3n) is 1.77. The van der Waals surface area contributed by atoms with Gasteiger partial charge in [0.15, 0.2) is 0 Å². The monoisotopic (exact) mass is 204 g/mol. The maximum Gasteiger partial charge on any atom is 0.308 e. The molecule has 0 N–H and O–H groups in total. The third kappa shape index (κ3) is 8.16. The molecule has 0 unspecified atom stereocenters. The fraction of sp³-hybridized carbons (Fsp3) is 0.900. The van der Waals surface area contributed by atoms with Crippen molar-refractivity contribution in [2.45, 2.75) is 39.5 Å². The number of carbonyl (C=O) groups excluding carboxylic acids is 1. The maximum absolute atomic E-state index is 11.0. The van der Waals surface area contributed by atoms with Crippen LogP contribution in [0.4, 0.5) is 0 Å². The van der Waals surface area contributed by atoms with Crippen LogP contribution in [0.3, 0.4) is 0 Å². The SMILES string of the molecule is CC(C)C(=O)OCCCCCCS. The molecule has 3 heteroatoms. The Morgan fingerprint density at radius 2 is 1.85 bits per heavy atom. The summed E-state index contributed by atoms with van der Waals surface area (Å²) in [7, 11) is 0. The van der Waals surface area contributed by atoms with E-state index in [4.69, 9.17) is 4.74 Å². The van der Waals surface area contributed by atoms with Crippen molar-refractivity contribution in [3.8, 4) is 0 Å². The van der Waals surface area contributed by atoms with Crippen molar-refractivity contribution in [1.82, 2.24) is 0 Å². The van der Waals surface area contributed by atoms with Gasteiger partial charge in [0.25, 0.3) is 0 Å². The Morgan fingerprint density at radius 1 is 1.23 bits per heavy atom. The summed E-state index contributed by atoms with van der Waals surface area (Å²) < 4.78 is 5.03. The summed E-state index contributed by atoms with van der Waals surface area (Å²) in [5.41, 5.74) is 0. The number of hydrogen-bond donors (Lipinski definition) is 1. The molecule has 0 saturated carbocycles. The third-order valence-corrected chi connectivity index (χ3v) is 2.08. The molecule has 2 nitrogen and oxygen atoms in total. The first-order chi connectivity index (χ1) is 6.18. The van der Waals surface area contributed by atoms with Gasteiger partial charge in [-0.3, -0.25) is 4.79 Å². The van der Waals surface area contributed by atoms with Crippen molar-refractivity contribution < 1.29 is 9.53 Å². The second-order valence-corrected chi connectivity index (χ2v) is 3.91. The molecule has 0 aromatic heterocycles. The van der Waals surface area contributed by atoms with Crippen molar-refractivity contribution in [3.05, 3.63) is 0 Å². The van der Waals surface area contributed by atoms with E-state index in [1.54, 1.807) is 0 Å². The van der Waals surface area contributed by atoms with Crippen LogP contribution in [-0.2, 0) is 9.53 Å². The minimum atomic E-state index is -0.0887. The Hall–Kier alpha value is -0.180. The van der Waals surface area contributed by atoms with E-state index in [2.05, 4.69) is 12.6 Å². The van der Waals surface area contributed by atoms with E-state index in [1.165, 1.54) is 6.42 Å². The predicted molar refractivity (Wildman–Crippen MR) is 58.1 cm³/mol. The molecular weight excluding hydrogens is 184 g/mol. The average molecular weight is 204 g/mol. The van der Waals surface area contributed by atoms with Gasteiger partial charge in [0.05, 0.1) is 12.5 Å². The average Bonchev–Trinajstić information content (AvgIpc) is 2.10. The van der Waals surface area contributed by atoms with Gasteiger partial charge < -0.3 is 4.74 Å². The highest BCUT2D eigenvalue weighted by molar-refractivity contribution is 7.80. The molecule has 78 valence electrons. The molecule has 0 amide bonds. The second kappa shape index (κ2) is 8.42. The fourth-order valence-electron chi connectivity index (χ4n) is 0.907. The van der Waals surface area contributed by atoms with Crippen LogP contribution in [0, 0.1) is 5.92 Å². The van der Waals surface area contributed by atoms with Crippen molar-refractivity contribution >= 4 is 18.6 Å². The minimum Gasteiger partial charge on any atom is -0.465 e. The second-order valence-electron chi connectivity index (χ2n) is 3.46. The van der Waals surface area contributed by atoms with Gasteiger partial charge in [0.2, 0.25) is 0 Å². The normalized spacial score (nSPS) is 10.5. The Balaban J connectivity index is 3.12. The van der Waals surface area contributed by atoms with Gasteiger partial charge >= 0.3 is 5.97 Å². The van der Waals surface area contributed by atoms with Crippen LogP contribution in [0.5, 0.6) is 0 Å². The molecule has 0 rings (SSSR count). The Morgan fingerprint density at radius 3 is 2.38 bits per heavy atom. The molecule has 0 aromatic rings. The maximum atomic E-state index is 11.0. The van der Waals surface area contributed by atoms with E-state index in [1.807, 2.05) is 13.8 Å². The van der Waals surface area contributed by atoms with Crippen LogP contribution in [-0.4, -0.2) is 18.3 Å². The molecular formula is C10H20O2S. The molecule has 0 saturated heterocycles. The first-order valence-corrected chi connectivity index (χ1v) is 5.59. The van der Waals surface area contributed by atoms with E-state index in [-0.39, 0.29) is 11.9 Å². The zero-order valence-electron chi connectivity index (χ0n) is 8.58. The van der Waals surface area contributed by atoms with Gasteiger partial charge in [-0.2, -0.15) is 12.6 Å². The molecule has 13 heavy (non-hydrogen) atoms. The van der Waals surface area contributed by atoms with E-state index in [0.717, 1.165) is 25.0 Å². The molecule has 0 atom stereocenters. The number of thiol groups is 1. The molecule has 0 spiro atoms. The summed E-state index contributed by atoms with van der Waals surface area (Å²) in [4.78, 5) is 11.0. The van der Waals surface area contributed by atoms with Gasteiger partial charge in [-0.05, 0) is 18.6 Å². The van der Waals surface area contributed by atoms with Gasteiger partial charge in [-0.15, -0.1) is 0 Å². The summed E-state index contributed by atoms with van der Waals surface area (Å²) in [6.07, 6.45) is 4.45. The lowest BCUT2D eigenvalue weighted by Gasteiger charge is -2.06. The largest absolute Gasteiger partial charge is 0.465 e. The molecule has 0 aliphatic heterocycles. The number of unbranched alkanes of at least 4 members (excludes halogenated alkanes) is 3. The zero-order chi connectivity index (χ0) is 10.1. The van der Waals surface area contributed by atoms with E-state index in [0.29, 0.717) is 6.61 Å². The number of carbonyl (C=O) groups is 1. The number of hydrogen-bond acceptors (Lipinski definition) is 3. The molecule has 0 heterocycles. The van der Waals surface area contributed by atoms with Crippen LogP contribution in [0.1, 0.15) is 39.5 Å². The van der Waals surface area contributed by atoms with Crippen molar-refractivity contribution in [2.24, 2.45) is 5.92 Å². The fourth-order valence-corrected chi connectivity index (χ4v) is 1.13. The topological polar surface area (TPSA) is 26.3 Å². The van der Waals surface area contributed by atoms with E-state index >= 15 is 0 Å². The predicted octanol–water partition coefficient (Wildman–Crippen LogP) is 2.68. The van der Waals surface area contributed by atoms with Crippen LogP contribution < -0.4 is 0 Å². The Bertz CT molecular complexity index is 135. The van der Waals surface area contributed by atoms with Gasteiger partial charge in [-0.25, -0.2) is 0 Å². The molecule has 0 aliphatic rings. The van der Waals surface area contributed by atoms with Gasteiger partial charge in [0.1, 0.15) is 0 Å². The number of esters is 1. The molecule has 0 bridgehead atoms. The van der Waals surface area contributed by atoms with Crippen molar-refractivity contribution in [2.75, 3.05) is 12.4 Å². The number of ether oxygens (including phenoxy) is 1. The van der Waals surface area contributed by atoms with Gasteiger partial charge in [-0.1, -0.05) is 26.7 Å². The molecule has 0 radical (unpaired) electrons. The smallest absolute Gasteiger partial charge is 0.308 e. The first kappa shape index (κ1) is 12.8. The zero-order valence-corrected chi connectivity index (χ0v) is 9.48. The lowest BCUT2D eigenvalue weighted by atomic mass is 10.2.